The molecular formula is C23H27ClN2O2. The minimum atomic E-state index is -0.0905. The SMILES string of the molecule is CC1CCN(c2ccc(C(=O)N3CCOC(c4ccccc4)C3)c(Cl)c2)CC1. The van der Waals surface area contributed by atoms with Gasteiger partial charge in [0.25, 0.3) is 5.91 Å². The van der Waals surface area contributed by atoms with Crippen molar-refractivity contribution in [3.63, 3.8) is 0 Å². The Morgan fingerprint density at radius 1 is 1.07 bits per heavy atom. The highest BCUT2D eigenvalue weighted by Gasteiger charge is 2.27. The molecule has 2 aromatic rings. The maximum atomic E-state index is 13.1. The van der Waals surface area contributed by atoms with E-state index in [9.17, 15) is 4.79 Å². The molecular weight excluding hydrogens is 372 g/mol. The zero-order chi connectivity index (χ0) is 19.5. The maximum absolute atomic E-state index is 13.1. The normalized spacial score (nSPS) is 21.0. The lowest BCUT2D eigenvalue weighted by Crippen LogP contribution is -2.42. The van der Waals surface area contributed by atoms with Crippen LogP contribution >= 0.6 is 11.6 Å². The average molecular weight is 399 g/mol. The van der Waals surface area contributed by atoms with Crippen molar-refractivity contribution in [3.8, 4) is 0 Å². The number of amides is 1. The lowest BCUT2D eigenvalue weighted by Gasteiger charge is -2.34. The lowest BCUT2D eigenvalue weighted by molar-refractivity contribution is -0.0228. The number of carbonyl (C=O) groups excluding carboxylic acids is 1. The van der Waals surface area contributed by atoms with Gasteiger partial charge in [0.05, 0.1) is 23.7 Å². The van der Waals surface area contributed by atoms with Gasteiger partial charge in [-0.05, 0) is 42.5 Å². The van der Waals surface area contributed by atoms with E-state index in [1.807, 2.05) is 53.4 Å². The summed E-state index contributed by atoms with van der Waals surface area (Å²) in [4.78, 5) is 17.3. The van der Waals surface area contributed by atoms with Gasteiger partial charge in [0.15, 0.2) is 0 Å². The Hall–Kier alpha value is -2.04. The first-order valence-electron chi connectivity index (χ1n) is 10.1. The van der Waals surface area contributed by atoms with Gasteiger partial charge in [-0.15, -0.1) is 0 Å². The molecule has 0 bridgehead atoms. The summed E-state index contributed by atoms with van der Waals surface area (Å²) in [5, 5.41) is 0.531. The van der Waals surface area contributed by atoms with E-state index in [1.165, 1.54) is 12.8 Å². The fraction of sp³-hybridized carbons (Fsp3) is 0.435. The summed E-state index contributed by atoms with van der Waals surface area (Å²) in [5.74, 6) is 0.763. The minimum Gasteiger partial charge on any atom is -0.371 e. The number of carbonyl (C=O) groups is 1. The second-order valence-electron chi connectivity index (χ2n) is 7.86. The van der Waals surface area contributed by atoms with Crippen LogP contribution in [0.5, 0.6) is 0 Å². The van der Waals surface area contributed by atoms with E-state index >= 15 is 0 Å². The van der Waals surface area contributed by atoms with E-state index in [1.54, 1.807) is 0 Å². The third-order valence-electron chi connectivity index (χ3n) is 5.86. The highest BCUT2D eigenvalue weighted by molar-refractivity contribution is 6.34. The molecule has 2 aliphatic rings. The van der Waals surface area contributed by atoms with Crippen molar-refractivity contribution in [2.45, 2.75) is 25.9 Å². The summed E-state index contributed by atoms with van der Waals surface area (Å²) in [6.45, 7) is 6.07. The number of hydrogen-bond acceptors (Lipinski definition) is 3. The number of nitrogens with zero attached hydrogens (tertiary/aromatic N) is 2. The van der Waals surface area contributed by atoms with Crippen LogP contribution in [-0.4, -0.2) is 43.6 Å². The molecule has 0 N–H and O–H groups in total. The molecule has 4 nitrogen and oxygen atoms in total. The summed E-state index contributed by atoms with van der Waals surface area (Å²) in [6, 6.07) is 15.9. The van der Waals surface area contributed by atoms with Gasteiger partial charge in [-0.3, -0.25) is 4.79 Å². The van der Waals surface area contributed by atoms with Crippen molar-refractivity contribution in [3.05, 3.63) is 64.7 Å². The molecule has 1 unspecified atom stereocenters. The second-order valence-corrected chi connectivity index (χ2v) is 8.26. The fourth-order valence-corrected chi connectivity index (χ4v) is 4.27. The number of morpholine rings is 1. The predicted molar refractivity (Wildman–Crippen MR) is 113 cm³/mol. The average Bonchev–Trinajstić information content (AvgIpc) is 2.74. The van der Waals surface area contributed by atoms with Crippen LogP contribution in [0, 0.1) is 5.92 Å². The van der Waals surface area contributed by atoms with Crippen LogP contribution in [0.15, 0.2) is 48.5 Å². The Bertz CT molecular complexity index is 819. The standard InChI is InChI=1S/C23H27ClN2O2/c1-17-9-11-25(12-10-17)19-7-8-20(21(24)15-19)23(27)26-13-14-28-22(16-26)18-5-3-2-4-6-18/h2-8,15,17,22H,9-14,16H2,1H3. The molecule has 0 radical (unpaired) electrons. The van der Waals surface area contributed by atoms with Gasteiger partial charge in [0.1, 0.15) is 6.10 Å². The van der Waals surface area contributed by atoms with Crippen LogP contribution < -0.4 is 4.90 Å². The number of ether oxygens (including phenoxy) is 1. The number of rotatable bonds is 3. The molecule has 1 atom stereocenters. The number of benzene rings is 2. The Labute approximate surface area is 172 Å². The van der Waals surface area contributed by atoms with Crippen molar-refractivity contribution in [2.24, 2.45) is 5.92 Å². The summed E-state index contributed by atoms with van der Waals surface area (Å²) in [5.41, 5.74) is 2.78. The van der Waals surface area contributed by atoms with Crippen molar-refractivity contribution in [1.29, 1.82) is 0 Å². The highest BCUT2D eigenvalue weighted by Crippen LogP contribution is 2.29. The smallest absolute Gasteiger partial charge is 0.255 e. The Morgan fingerprint density at radius 2 is 1.82 bits per heavy atom. The first-order valence-corrected chi connectivity index (χ1v) is 10.5. The Balaban J connectivity index is 1.47. The minimum absolute atomic E-state index is 0.0203. The molecule has 148 valence electrons. The molecule has 1 amide bonds. The molecule has 28 heavy (non-hydrogen) atoms. The zero-order valence-corrected chi connectivity index (χ0v) is 17.1. The van der Waals surface area contributed by atoms with Crippen molar-refractivity contribution in [2.75, 3.05) is 37.7 Å². The Morgan fingerprint density at radius 3 is 2.54 bits per heavy atom. The largest absolute Gasteiger partial charge is 0.371 e. The predicted octanol–water partition coefficient (Wildman–Crippen LogP) is 4.79. The van der Waals surface area contributed by atoms with Gasteiger partial charge in [0, 0.05) is 25.3 Å². The van der Waals surface area contributed by atoms with Crippen LogP contribution in [-0.2, 0) is 4.74 Å². The molecule has 2 fully saturated rings. The highest BCUT2D eigenvalue weighted by atomic mass is 35.5. The van der Waals surface area contributed by atoms with Gasteiger partial charge in [0.2, 0.25) is 0 Å². The molecule has 0 aliphatic carbocycles. The number of piperidine rings is 1. The van der Waals surface area contributed by atoms with Crippen LogP contribution in [0.25, 0.3) is 0 Å². The topological polar surface area (TPSA) is 32.8 Å². The number of anilines is 1. The molecule has 2 aromatic carbocycles. The van der Waals surface area contributed by atoms with Gasteiger partial charge in [-0.25, -0.2) is 0 Å². The lowest BCUT2D eigenvalue weighted by atomic mass is 9.98. The summed E-state index contributed by atoms with van der Waals surface area (Å²) in [6.07, 6.45) is 2.31. The van der Waals surface area contributed by atoms with Gasteiger partial charge in [-0.2, -0.15) is 0 Å². The van der Waals surface area contributed by atoms with Crippen molar-refractivity contribution in [1.82, 2.24) is 4.90 Å². The molecule has 0 aromatic heterocycles. The van der Waals surface area contributed by atoms with E-state index in [0.29, 0.717) is 30.3 Å². The molecule has 2 saturated heterocycles. The first-order chi connectivity index (χ1) is 13.6. The van der Waals surface area contributed by atoms with Crippen molar-refractivity contribution < 1.29 is 9.53 Å². The van der Waals surface area contributed by atoms with Crippen LogP contribution in [0.2, 0.25) is 5.02 Å². The van der Waals surface area contributed by atoms with E-state index in [4.69, 9.17) is 16.3 Å². The Kier molecular flexibility index (Phi) is 5.88. The van der Waals surface area contributed by atoms with E-state index in [0.717, 1.165) is 30.3 Å². The van der Waals surface area contributed by atoms with Gasteiger partial charge in [-0.1, -0.05) is 48.9 Å². The van der Waals surface area contributed by atoms with Gasteiger partial charge >= 0.3 is 0 Å². The fourth-order valence-electron chi connectivity index (χ4n) is 4.01. The summed E-state index contributed by atoms with van der Waals surface area (Å²) < 4.78 is 5.88. The summed E-state index contributed by atoms with van der Waals surface area (Å²) in [7, 11) is 0. The molecule has 2 aliphatic heterocycles. The molecule has 4 rings (SSSR count). The van der Waals surface area contributed by atoms with Gasteiger partial charge < -0.3 is 14.5 Å². The number of hydrogen-bond donors (Lipinski definition) is 0. The molecule has 0 saturated carbocycles. The van der Waals surface area contributed by atoms with Crippen molar-refractivity contribution >= 4 is 23.2 Å². The number of halogens is 1. The molecule has 0 spiro atoms. The zero-order valence-electron chi connectivity index (χ0n) is 16.3. The van der Waals surface area contributed by atoms with E-state index in [2.05, 4.69) is 11.8 Å². The van der Waals surface area contributed by atoms with Crippen LogP contribution in [0.3, 0.4) is 0 Å². The first kappa shape index (κ1) is 19.3. The third-order valence-corrected chi connectivity index (χ3v) is 6.17. The van der Waals surface area contributed by atoms with E-state index < -0.39 is 0 Å². The third kappa shape index (κ3) is 4.18. The molecule has 5 heteroatoms. The van der Waals surface area contributed by atoms with Crippen LogP contribution in [0.1, 0.15) is 41.8 Å². The molecule has 2 heterocycles. The quantitative estimate of drug-likeness (QED) is 0.745. The second kappa shape index (κ2) is 8.54. The maximum Gasteiger partial charge on any atom is 0.255 e. The van der Waals surface area contributed by atoms with Crippen LogP contribution in [0.4, 0.5) is 5.69 Å². The monoisotopic (exact) mass is 398 g/mol. The van der Waals surface area contributed by atoms with E-state index in [-0.39, 0.29) is 12.0 Å². The summed E-state index contributed by atoms with van der Waals surface area (Å²) >= 11 is 6.54.